The molecule has 15 heavy (non-hydrogen) atoms. The van der Waals surface area contributed by atoms with E-state index in [9.17, 15) is 4.79 Å². The Kier molecular flexibility index (Phi) is 4.03. The van der Waals surface area contributed by atoms with Crippen LogP contribution in [0.4, 0.5) is 5.82 Å². The summed E-state index contributed by atoms with van der Waals surface area (Å²) in [6.45, 7) is 3.81. The predicted octanol–water partition coefficient (Wildman–Crippen LogP) is 0.585. The molecule has 0 aliphatic rings. The van der Waals surface area contributed by atoms with Crippen LogP contribution in [-0.2, 0) is 11.2 Å². The van der Waals surface area contributed by atoms with Gasteiger partial charge in [-0.1, -0.05) is 6.92 Å². The molecule has 2 N–H and O–H groups in total. The fourth-order valence-corrected chi connectivity index (χ4v) is 1.17. The van der Waals surface area contributed by atoms with Gasteiger partial charge in [-0.3, -0.25) is 4.79 Å². The quantitative estimate of drug-likeness (QED) is 0.759. The van der Waals surface area contributed by atoms with Crippen LogP contribution in [0.3, 0.4) is 0 Å². The molecule has 1 aromatic rings. The van der Waals surface area contributed by atoms with Gasteiger partial charge in [0.05, 0.1) is 0 Å². The van der Waals surface area contributed by atoms with E-state index in [0.29, 0.717) is 5.82 Å². The molecule has 1 atom stereocenters. The maximum Gasteiger partial charge on any atom is 0.241 e. The van der Waals surface area contributed by atoms with E-state index in [1.165, 1.54) is 6.33 Å². The minimum absolute atomic E-state index is 0.0633. The topological polar surface area (TPSA) is 66.9 Å². The smallest absolute Gasteiger partial charge is 0.241 e. The molecule has 5 nitrogen and oxygen atoms in total. The summed E-state index contributed by atoms with van der Waals surface area (Å²) >= 11 is 0. The molecule has 0 bridgehead atoms. The van der Waals surface area contributed by atoms with Gasteiger partial charge in [0.1, 0.15) is 18.2 Å². The normalized spacial score (nSPS) is 11.9. The molecule has 0 saturated carbocycles. The van der Waals surface area contributed by atoms with E-state index in [4.69, 9.17) is 0 Å². The summed E-state index contributed by atoms with van der Waals surface area (Å²) in [7, 11) is 1.61. The fourth-order valence-electron chi connectivity index (χ4n) is 1.17. The van der Waals surface area contributed by atoms with Crippen molar-refractivity contribution in [2.45, 2.75) is 26.3 Å². The summed E-state index contributed by atoms with van der Waals surface area (Å²) in [4.78, 5) is 19.4. The number of aromatic nitrogens is 2. The van der Waals surface area contributed by atoms with Crippen LogP contribution in [0.5, 0.6) is 0 Å². The molecule has 0 radical (unpaired) electrons. The first-order chi connectivity index (χ1) is 7.17. The monoisotopic (exact) mass is 208 g/mol. The number of hydrogen-bond donors (Lipinski definition) is 2. The highest BCUT2D eigenvalue weighted by Gasteiger charge is 2.10. The lowest BCUT2D eigenvalue weighted by atomic mass is 10.3. The molecular weight excluding hydrogens is 192 g/mol. The first-order valence-corrected chi connectivity index (χ1v) is 4.96. The van der Waals surface area contributed by atoms with E-state index in [0.717, 1.165) is 12.1 Å². The highest BCUT2D eigenvalue weighted by molar-refractivity contribution is 5.83. The van der Waals surface area contributed by atoms with Crippen molar-refractivity contribution in [1.29, 1.82) is 0 Å². The second-order valence-electron chi connectivity index (χ2n) is 3.23. The van der Waals surface area contributed by atoms with Gasteiger partial charge in [-0.25, -0.2) is 9.97 Å². The van der Waals surface area contributed by atoms with E-state index in [1.807, 2.05) is 13.0 Å². The lowest BCUT2D eigenvalue weighted by molar-refractivity contribution is -0.121. The van der Waals surface area contributed by atoms with E-state index in [-0.39, 0.29) is 11.9 Å². The minimum Gasteiger partial charge on any atom is -0.359 e. The van der Waals surface area contributed by atoms with Crippen molar-refractivity contribution < 1.29 is 4.79 Å². The van der Waals surface area contributed by atoms with Gasteiger partial charge >= 0.3 is 0 Å². The van der Waals surface area contributed by atoms with Gasteiger partial charge in [-0.05, 0) is 13.3 Å². The van der Waals surface area contributed by atoms with E-state index >= 15 is 0 Å². The van der Waals surface area contributed by atoms with Crippen LogP contribution in [0.2, 0.25) is 0 Å². The third-order valence-corrected chi connectivity index (χ3v) is 2.09. The van der Waals surface area contributed by atoms with E-state index in [1.54, 1.807) is 14.0 Å². The van der Waals surface area contributed by atoms with E-state index < -0.39 is 0 Å². The van der Waals surface area contributed by atoms with Crippen LogP contribution < -0.4 is 10.6 Å². The SMILES string of the molecule is CCc1cc(NC(C)C(=O)NC)ncn1. The van der Waals surface area contributed by atoms with Crippen molar-refractivity contribution in [2.24, 2.45) is 0 Å². The van der Waals surface area contributed by atoms with Gasteiger partial charge in [0, 0.05) is 18.8 Å². The van der Waals surface area contributed by atoms with Crippen molar-refractivity contribution in [3.05, 3.63) is 18.1 Å². The summed E-state index contributed by atoms with van der Waals surface area (Å²) in [6, 6.07) is 1.55. The molecule has 0 fully saturated rings. The summed E-state index contributed by atoms with van der Waals surface area (Å²) in [5.41, 5.74) is 0.955. The zero-order valence-corrected chi connectivity index (χ0v) is 9.24. The molecule has 1 amide bonds. The van der Waals surface area contributed by atoms with Gasteiger partial charge in [0.25, 0.3) is 0 Å². The number of amides is 1. The van der Waals surface area contributed by atoms with Gasteiger partial charge in [-0.15, -0.1) is 0 Å². The number of likely N-dealkylation sites (N-methyl/N-ethyl adjacent to an activating group) is 1. The lowest BCUT2D eigenvalue weighted by Gasteiger charge is -2.12. The largest absolute Gasteiger partial charge is 0.359 e. The van der Waals surface area contributed by atoms with E-state index in [2.05, 4.69) is 20.6 Å². The standard InChI is InChI=1S/C10H16N4O/c1-4-8-5-9(13-6-12-8)14-7(2)10(15)11-3/h5-7H,4H2,1-3H3,(H,11,15)(H,12,13,14). The molecule has 0 aliphatic heterocycles. The number of carbonyl (C=O) groups excluding carboxylic acids is 1. The number of rotatable bonds is 4. The molecule has 1 unspecified atom stereocenters. The maximum atomic E-state index is 11.3. The van der Waals surface area contributed by atoms with Crippen molar-refractivity contribution in [2.75, 3.05) is 12.4 Å². The average molecular weight is 208 g/mol. The molecule has 1 aromatic heterocycles. The second-order valence-corrected chi connectivity index (χ2v) is 3.23. The van der Waals surface area contributed by atoms with Crippen LogP contribution in [0.25, 0.3) is 0 Å². The molecule has 82 valence electrons. The molecule has 0 spiro atoms. The number of nitrogens with zero attached hydrogens (tertiary/aromatic N) is 2. The Balaban J connectivity index is 2.67. The first-order valence-electron chi connectivity index (χ1n) is 4.96. The van der Waals surface area contributed by atoms with Crippen molar-refractivity contribution in [1.82, 2.24) is 15.3 Å². The summed E-state index contributed by atoms with van der Waals surface area (Å²) < 4.78 is 0. The number of anilines is 1. The molecule has 1 heterocycles. The molecule has 0 aromatic carbocycles. The highest BCUT2D eigenvalue weighted by atomic mass is 16.2. The van der Waals surface area contributed by atoms with Crippen LogP contribution in [0.1, 0.15) is 19.5 Å². The average Bonchev–Trinajstić information content (AvgIpc) is 2.28. The number of nitrogens with one attached hydrogen (secondary N) is 2. The highest BCUT2D eigenvalue weighted by Crippen LogP contribution is 2.05. The van der Waals surface area contributed by atoms with Crippen molar-refractivity contribution >= 4 is 11.7 Å². The Bertz CT molecular complexity index is 340. The van der Waals surface area contributed by atoms with Gasteiger partial charge < -0.3 is 10.6 Å². The summed E-state index contributed by atoms with van der Waals surface area (Å²) in [5, 5.41) is 5.57. The second kappa shape index (κ2) is 5.29. The minimum atomic E-state index is -0.297. The zero-order valence-electron chi connectivity index (χ0n) is 9.24. The zero-order chi connectivity index (χ0) is 11.3. The number of aryl methyl sites for hydroxylation is 1. The first kappa shape index (κ1) is 11.4. The van der Waals surface area contributed by atoms with Gasteiger partial charge in [0.15, 0.2) is 0 Å². The third-order valence-electron chi connectivity index (χ3n) is 2.09. The Hall–Kier alpha value is -1.65. The molecule has 0 aliphatic carbocycles. The van der Waals surface area contributed by atoms with Gasteiger partial charge in [-0.2, -0.15) is 0 Å². The maximum absolute atomic E-state index is 11.3. The third kappa shape index (κ3) is 3.19. The fraction of sp³-hybridized carbons (Fsp3) is 0.500. The van der Waals surface area contributed by atoms with Crippen LogP contribution in [0.15, 0.2) is 12.4 Å². The molecule has 0 saturated heterocycles. The Morgan fingerprint density at radius 1 is 1.53 bits per heavy atom. The van der Waals surface area contributed by atoms with Crippen LogP contribution in [-0.4, -0.2) is 29.0 Å². The predicted molar refractivity (Wildman–Crippen MR) is 58.6 cm³/mol. The number of carbonyl (C=O) groups is 1. The summed E-state index contributed by atoms with van der Waals surface area (Å²) in [6.07, 6.45) is 2.35. The summed E-state index contributed by atoms with van der Waals surface area (Å²) in [5.74, 6) is 0.615. The van der Waals surface area contributed by atoms with Gasteiger partial charge in [0.2, 0.25) is 5.91 Å². The lowest BCUT2D eigenvalue weighted by Crippen LogP contribution is -2.35. The van der Waals surface area contributed by atoms with Crippen LogP contribution >= 0.6 is 0 Å². The van der Waals surface area contributed by atoms with Crippen molar-refractivity contribution in [3.8, 4) is 0 Å². The Labute approximate surface area is 89.3 Å². The number of hydrogen-bond acceptors (Lipinski definition) is 4. The molecular formula is C10H16N4O. The Morgan fingerprint density at radius 3 is 2.87 bits per heavy atom. The van der Waals surface area contributed by atoms with Crippen molar-refractivity contribution in [3.63, 3.8) is 0 Å². The molecule has 1 rings (SSSR count). The van der Waals surface area contributed by atoms with Crippen LogP contribution in [0, 0.1) is 0 Å². The molecule has 5 heteroatoms. The Morgan fingerprint density at radius 2 is 2.27 bits per heavy atom.